The van der Waals surface area contributed by atoms with E-state index in [2.05, 4.69) is 40.5 Å². The maximum absolute atomic E-state index is 11.8. The minimum Gasteiger partial charge on any atom is -0.458 e. The number of rotatable bonds is 11. The van der Waals surface area contributed by atoms with E-state index in [1.807, 2.05) is 29.2 Å². The van der Waals surface area contributed by atoms with Crippen LogP contribution in [0.5, 0.6) is 0 Å². The Balaban J connectivity index is 1.39. The Hall–Kier alpha value is -5.20. The maximum Gasteiger partial charge on any atom is 0.323 e. The number of anilines is 4. The van der Waals surface area contributed by atoms with Gasteiger partial charge in [-0.25, -0.2) is 9.78 Å². The van der Waals surface area contributed by atoms with E-state index in [-0.39, 0.29) is 24.7 Å². The maximum atomic E-state index is 11.8. The third-order valence-electron chi connectivity index (χ3n) is 5.61. The number of H-pyrrole nitrogens is 3. The van der Waals surface area contributed by atoms with Crippen molar-refractivity contribution >= 4 is 57.5 Å². The second kappa shape index (κ2) is 10.6. The van der Waals surface area contributed by atoms with Crippen LogP contribution in [0.2, 0.25) is 0 Å². The summed E-state index contributed by atoms with van der Waals surface area (Å²) in [5, 5.41) is 14.0. The van der Waals surface area contributed by atoms with Crippen LogP contribution in [0, 0.1) is 0 Å². The van der Waals surface area contributed by atoms with E-state index in [4.69, 9.17) is 4.98 Å². The molecule has 5 aromatic rings. The first-order valence-electron chi connectivity index (χ1n) is 11.4. The molecule has 0 spiro atoms. The number of fused-ring (bicyclic) bond motifs is 2. The van der Waals surface area contributed by atoms with E-state index >= 15 is 0 Å². The van der Waals surface area contributed by atoms with Crippen LogP contribution >= 0.6 is 0 Å². The summed E-state index contributed by atoms with van der Waals surface area (Å²) in [6, 6.07) is 13.0. The first kappa shape index (κ1) is 23.5. The van der Waals surface area contributed by atoms with E-state index in [0.29, 0.717) is 48.0 Å². The second-order valence-electron chi connectivity index (χ2n) is 8.07. The van der Waals surface area contributed by atoms with Gasteiger partial charge >= 0.3 is 5.69 Å². The lowest BCUT2D eigenvalue weighted by Gasteiger charge is -2.25. The van der Waals surface area contributed by atoms with Crippen LogP contribution in [0.25, 0.3) is 21.9 Å². The quantitative estimate of drug-likeness (QED) is 0.134. The van der Waals surface area contributed by atoms with Crippen LogP contribution in [-0.4, -0.2) is 62.2 Å². The number of aromatic nitrogens is 6. The average molecular weight is 502 g/mol. The lowest BCUT2D eigenvalue weighted by atomic mass is 10.2. The summed E-state index contributed by atoms with van der Waals surface area (Å²) in [4.78, 5) is 50.1. The SMILES string of the molecule is O=COCC(=O)NCCCN(c1ccnc(Nc2ccc3[nH]c(=O)[nH]c3c2)n1)c1cccc2[nH]ncc12. The van der Waals surface area contributed by atoms with Crippen molar-refractivity contribution in [1.82, 2.24) is 35.5 Å². The highest BCUT2D eigenvalue weighted by Crippen LogP contribution is 2.31. The van der Waals surface area contributed by atoms with Crippen LogP contribution < -0.4 is 21.2 Å². The number of aromatic amines is 3. The zero-order chi connectivity index (χ0) is 25.6. The predicted molar refractivity (Wildman–Crippen MR) is 137 cm³/mol. The number of ether oxygens (including phenoxy) is 1. The van der Waals surface area contributed by atoms with Crippen molar-refractivity contribution in [2.75, 3.05) is 29.9 Å². The number of nitrogens with one attached hydrogen (secondary N) is 5. The van der Waals surface area contributed by atoms with Crippen LogP contribution in [0.3, 0.4) is 0 Å². The smallest absolute Gasteiger partial charge is 0.323 e. The molecule has 5 N–H and O–H groups in total. The third-order valence-corrected chi connectivity index (χ3v) is 5.61. The summed E-state index contributed by atoms with van der Waals surface area (Å²) in [5.41, 5.74) is 3.57. The summed E-state index contributed by atoms with van der Waals surface area (Å²) in [6.45, 7) is 0.824. The number of carbonyl (C=O) groups excluding carboxylic acids is 2. The van der Waals surface area contributed by atoms with Crippen molar-refractivity contribution in [1.29, 1.82) is 0 Å². The molecular formula is C24H23N9O4. The fraction of sp³-hybridized carbons (Fsp3) is 0.167. The van der Waals surface area contributed by atoms with Crippen molar-refractivity contribution < 1.29 is 14.3 Å². The minimum absolute atomic E-state index is 0.239. The van der Waals surface area contributed by atoms with Gasteiger partial charge in [-0.3, -0.25) is 14.7 Å². The Morgan fingerprint density at radius 2 is 2.00 bits per heavy atom. The van der Waals surface area contributed by atoms with Gasteiger partial charge in [-0.15, -0.1) is 0 Å². The topological polar surface area (TPSA) is 174 Å². The predicted octanol–water partition coefficient (Wildman–Crippen LogP) is 2.08. The number of carbonyl (C=O) groups is 2. The molecule has 0 saturated carbocycles. The van der Waals surface area contributed by atoms with Gasteiger partial charge in [0, 0.05) is 30.4 Å². The summed E-state index contributed by atoms with van der Waals surface area (Å²) in [5.74, 6) is 0.640. The number of benzene rings is 2. The molecule has 0 saturated heterocycles. The van der Waals surface area contributed by atoms with Crippen LogP contribution in [0.1, 0.15) is 6.42 Å². The fourth-order valence-corrected chi connectivity index (χ4v) is 3.97. The number of imidazole rings is 1. The molecule has 1 amide bonds. The molecule has 0 aliphatic rings. The molecule has 13 nitrogen and oxygen atoms in total. The van der Waals surface area contributed by atoms with Gasteiger partial charge in [-0.05, 0) is 42.8 Å². The molecule has 5 rings (SSSR count). The molecule has 188 valence electrons. The monoisotopic (exact) mass is 501 g/mol. The highest BCUT2D eigenvalue weighted by Gasteiger charge is 2.16. The van der Waals surface area contributed by atoms with Crippen molar-refractivity contribution in [2.45, 2.75) is 6.42 Å². The number of amides is 1. The van der Waals surface area contributed by atoms with E-state index < -0.39 is 0 Å². The molecule has 0 atom stereocenters. The van der Waals surface area contributed by atoms with E-state index in [1.54, 1.807) is 30.6 Å². The first-order valence-corrected chi connectivity index (χ1v) is 11.4. The minimum atomic E-state index is -0.371. The van der Waals surface area contributed by atoms with Gasteiger partial charge in [0.2, 0.25) is 5.95 Å². The molecule has 0 unspecified atom stereocenters. The van der Waals surface area contributed by atoms with E-state index in [0.717, 1.165) is 16.6 Å². The van der Waals surface area contributed by atoms with Crippen molar-refractivity contribution in [3.05, 3.63) is 65.3 Å². The van der Waals surface area contributed by atoms with Crippen LogP contribution in [0.4, 0.5) is 23.1 Å². The molecule has 0 bridgehead atoms. The van der Waals surface area contributed by atoms with Crippen molar-refractivity contribution in [2.24, 2.45) is 0 Å². The summed E-state index contributed by atoms with van der Waals surface area (Å²) in [6.07, 6.45) is 4.00. The number of hydrogen-bond donors (Lipinski definition) is 5. The second-order valence-corrected chi connectivity index (χ2v) is 8.07. The largest absolute Gasteiger partial charge is 0.458 e. The molecule has 3 aromatic heterocycles. The zero-order valence-corrected chi connectivity index (χ0v) is 19.5. The third kappa shape index (κ3) is 5.40. The molecule has 0 radical (unpaired) electrons. The van der Waals surface area contributed by atoms with Gasteiger partial charge in [0.15, 0.2) is 6.61 Å². The van der Waals surface area contributed by atoms with Gasteiger partial charge < -0.3 is 30.2 Å². The van der Waals surface area contributed by atoms with Gasteiger partial charge in [0.1, 0.15) is 5.82 Å². The van der Waals surface area contributed by atoms with Gasteiger partial charge in [-0.1, -0.05) is 6.07 Å². The van der Waals surface area contributed by atoms with E-state index in [1.165, 1.54) is 0 Å². The molecule has 0 aliphatic heterocycles. The van der Waals surface area contributed by atoms with Crippen LogP contribution in [0.15, 0.2) is 59.7 Å². The number of hydrogen-bond acceptors (Lipinski definition) is 9. The lowest BCUT2D eigenvalue weighted by Crippen LogP contribution is -2.31. The molecule has 37 heavy (non-hydrogen) atoms. The van der Waals surface area contributed by atoms with Crippen LogP contribution in [-0.2, 0) is 14.3 Å². The summed E-state index contributed by atoms with van der Waals surface area (Å²) in [7, 11) is 0. The Bertz CT molecular complexity index is 1610. The molecule has 2 aromatic carbocycles. The fourth-order valence-electron chi connectivity index (χ4n) is 3.97. The highest BCUT2D eigenvalue weighted by atomic mass is 16.5. The zero-order valence-electron chi connectivity index (χ0n) is 19.5. The number of nitrogens with zero attached hydrogens (tertiary/aromatic N) is 4. The molecule has 0 aliphatic carbocycles. The van der Waals surface area contributed by atoms with E-state index in [9.17, 15) is 14.4 Å². The molecule has 13 heteroatoms. The Labute approximate surface area is 209 Å². The van der Waals surface area contributed by atoms with Gasteiger partial charge in [-0.2, -0.15) is 10.1 Å². The Kier molecular flexibility index (Phi) is 6.74. The van der Waals surface area contributed by atoms with Gasteiger partial charge in [0.05, 0.1) is 28.4 Å². The van der Waals surface area contributed by atoms with Crippen molar-refractivity contribution in [3.8, 4) is 0 Å². The summed E-state index contributed by atoms with van der Waals surface area (Å²) < 4.78 is 4.48. The highest BCUT2D eigenvalue weighted by molar-refractivity contribution is 5.93. The average Bonchev–Trinajstić information content (AvgIpc) is 3.53. The van der Waals surface area contributed by atoms with Gasteiger partial charge in [0.25, 0.3) is 12.4 Å². The standard InChI is InChI=1S/C24H23N9O4/c34-14-37-13-22(35)25-8-2-10-33(20-4-1-3-17-16(20)12-27-32-17)21-7-9-26-23(31-21)28-15-5-6-18-19(11-15)30-24(36)29-18/h1,3-7,9,11-12,14H,2,8,10,13H2,(H,25,35)(H,27,32)(H,26,28,31)(H2,29,30,36). The molecule has 3 heterocycles. The molecule has 0 fully saturated rings. The lowest BCUT2D eigenvalue weighted by molar-refractivity contribution is -0.137. The molecular weight excluding hydrogens is 478 g/mol. The normalized spacial score (nSPS) is 10.9. The first-order chi connectivity index (χ1) is 18.1. The Morgan fingerprint density at radius 1 is 1.11 bits per heavy atom. The van der Waals surface area contributed by atoms with Crippen molar-refractivity contribution in [3.63, 3.8) is 0 Å². The Morgan fingerprint density at radius 3 is 2.89 bits per heavy atom. The summed E-state index contributed by atoms with van der Waals surface area (Å²) >= 11 is 0.